The van der Waals surface area contributed by atoms with E-state index in [9.17, 15) is 4.79 Å². The third-order valence-electron chi connectivity index (χ3n) is 5.16. The number of nitrogens with one attached hydrogen (secondary N) is 1. The molecule has 0 unspecified atom stereocenters. The van der Waals surface area contributed by atoms with Crippen LogP contribution in [0.15, 0.2) is 29.6 Å². The third kappa shape index (κ3) is 4.25. The number of nitrogens with zero attached hydrogens (tertiary/aromatic N) is 7. The lowest BCUT2D eigenvalue weighted by Crippen LogP contribution is -2.37. The van der Waals surface area contributed by atoms with Crippen LogP contribution in [0.25, 0.3) is 22.1 Å². The summed E-state index contributed by atoms with van der Waals surface area (Å²) in [5, 5.41) is 9.14. The first kappa shape index (κ1) is 21.0. The van der Waals surface area contributed by atoms with Crippen molar-refractivity contribution in [2.45, 2.75) is 18.6 Å². The number of thioether (sulfide) groups is 1. The highest BCUT2D eigenvalue weighted by molar-refractivity contribution is 7.99. The molecule has 1 aliphatic rings. The average molecular weight is 471 g/mol. The van der Waals surface area contributed by atoms with E-state index in [1.54, 1.807) is 23.9 Å². The van der Waals surface area contributed by atoms with E-state index in [0.717, 1.165) is 63.6 Å². The van der Waals surface area contributed by atoms with Crippen LogP contribution < -0.4 is 10.2 Å². The summed E-state index contributed by atoms with van der Waals surface area (Å²) in [5.74, 6) is 1.63. The Morgan fingerprint density at radius 2 is 2.06 bits per heavy atom. The minimum Gasteiger partial charge on any atom is -0.378 e. The van der Waals surface area contributed by atoms with Gasteiger partial charge in [-0.25, -0.2) is 14.6 Å². The Morgan fingerprint density at radius 3 is 2.91 bits per heavy atom. The second-order valence-corrected chi connectivity index (χ2v) is 8.95. The molecule has 12 heteroatoms. The molecule has 32 heavy (non-hydrogen) atoms. The van der Waals surface area contributed by atoms with Gasteiger partial charge in [0.15, 0.2) is 10.8 Å². The predicted molar refractivity (Wildman–Crippen MR) is 125 cm³/mol. The summed E-state index contributed by atoms with van der Waals surface area (Å²) in [6.45, 7) is 5.97. The van der Waals surface area contributed by atoms with Crippen molar-refractivity contribution in [3.63, 3.8) is 0 Å². The molecule has 0 saturated carbocycles. The molecule has 3 aromatic heterocycles. The highest BCUT2D eigenvalue weighted by atomic mass is 32.2. The molecule has 0 spiro atoms. The van der Waals surface area contributed by atoms with E-state index >= 15 is 0 Å². The van der Waals surface area contributed by atoms with Crippen molar-refractivity contribution >= 4 is 57.3 Å². The first-order valence-corrected chi connectivity index (χ1v) is 12.1. The summed E-state index contributed by atoms with van der Waals surface area (Å²) in [4.78, 5) is 24.3. The highest BCUT2D eigenvalue weighted by Gasteiger charge is 2.20. The lowest BCUT2D eigenvalue weighted by atomic mass is 10.2. The first-order valence-electron chi connectivity index (χ1n) is 10.4. The number of anilines is 1. The second kappa shape index (κ2) is 9.35. The fourth-order valence-corrected chi connectivity index (χ4v) is 4.67. The van der Waals surface area contributed by atoms with E-state index in [-0.39, 0.29) is 5.91 Å². The van der Waals surface area contributed by atoms with E-state index in [0.29, 0.717) is 31.9 Å². The maximum atomic E-state index is 12.6. The smallest absolute Gasteiger partial charge is 0.251 e. The molecule has 10 nitrogen and oxygen atoms in total. The van der Waals surface area contributed by atoms with Gasteiger partial charge in [0.1, 0.15) is 16.9 Å². The van der Waals surface area contributed by atoms with Crippen molar-refractivity contribution in [2.75, 3.05) is 43.5 Å². The van der Waals surface area contributed by atoms with Crippen LogP contribution in [-0.4, -0.2) is 73.0 Å². The minimum atomic E-state index is -0.151. The van der Waals surface area contributed by atoms with E-state index in [4.69, 9.17) is 14.7 Å². The molecule has 1 saturated heterocycles. The van der Waals surface area contributed by atoms with Crippen molar-refractivity contribution in [3.05, 3.63) is 30.0 Å². The summed E-state index contributed by atoms with van der Waals surface area (Å²) in [6, 6.07) is 5.33. The van der Waals surface area contributed by atoms with Gasteiger partial charge in [-0.15, -0.1) is 0 Å². The van der Waals surface area contributed by atoms with E-state index in [2.05, 4.69) is 31.0 Å². The molecule has 1 fully saturated rings. The normalized spacial score (nSPS) is 14.3. The topological polar surface area (TPSA) is 111 Å². The molecule has 1 aromatic carbocycles. The van der Waals surface area contributed by atoms with Gasteiger partial charge in [0.05, 0.1) is 43.1 Å². The predicted octanol–water partition coefficient (Wildman–Crippen LogP) is 2.21. The van der Waals surface area contributed by atoms with Gasteiger partial charge in [-0.3, -0.25) is 4.79 Å². The highest BCUT2D eigenvalue weighted by Crippen LogP contribution is 2.27. The van der Waals surface area contributed by atoms with Gasteiger partial charge < -0.3 is 15.0 Å². The van der Waals surface area contributed by atoms with Crippen molar-refractivity contribution in [1.82, 2.24) is 33.8 Å². The maximum absolute atomic E-state index is 12.6. The molecule has 4 heterocycles. The number of hydrogen-bond donors (Lipinski definition) is 1. The molecule has 0 radical (unpaired) electrons. The summed E-state index contributed by atoms with van der Waals surface area (Å²) in [7, 11) is 0. The number of ether oxygens (including phenoxy) is 1. The number of carbonyl (C=O) groups is 1. The summed E-state index contributed by atoms with van der Waals surface area (Å²) >= 11 is 2.75. The van der Waals surface area contributed by atoms with Crippen LogP contribution in [0.2, 0.25) is 0 Å². The van der Waals surface area contributed by atoms with Gasteiger partial charge >= 0.3 is 0 Å². The van der Waals surface area contributed by atoms with Crippen LogP contribution in [0.3, 0.4) is 0 Å². The lowest BCUT2D eigenvalue weighted by Gasteiger charge is -2.28. The van der Waals surface area contributed by atoms with Gasteiger partial charge in [0.2, 0.25) is 0 Å². The zero-order valence-corrected chi connectivity index (χ0v) is 19.2. The van der Waals surface area contributed by atoms with Crippen molar-refractivity contribution in [3.8, 4) is 0 Å². The number of morpholine rings is 1. The maximum Gasteiger partial charge on any atom is 0.251 e. The Labute approximate surface area is 192 Å². The van der Waals surface area contributed by atoms with E-state index in [1.807, 2.05) is 16.9 Å². The van der Waals surface area contributed by atoms with Crippen LogP contribution in [0.4, 0.5) is 5.82 Å². The van der Waals surface area contributed by atoms with Gasteiger partial charge in [0.25, 0.3) is 5.91 Å². The SMILES string of the molecule is CCSc1nc(N2CCOCC2)c2cnn(CCNC(=O)c3ccc4nsnc4c3)c2n1. The number of benzene rings is 1. The van der Waals surface area contributed by atoms with Gasteiger partial charge in [-0.1, -0.05) is 18.7 Å². The summed E-state index contributed by atoms with van der Waals surface area (Å²) < 4.78 is 15.7. The first-order chi connectivity index (χ1) is 15.7. The van der Waals surface area contributed by atoms with Gasteiger partial charge in [0, 0.05) is 25.2 Å². The molecular formula is C20H22N8O2S2. The Morgan fingerprint density at radius 1 is 1.22 bits per heavy atom. The van der Waals surface area contributed by atoms with Crippen molar-refractivity contribution < 1.29 is 9.53 Å². The second-order valence-electron chi connectivity index (χ2n) is 7.19. The van der Waals surface area contributed by atoms with Crippen LogP contribution in [0, 0.1) is 0 Å². The van der Waals surface area contributed by atoms with Gasteiger partial charge in [-0.05, 0) is 24.0 Å². The Kier molecular flexibility index (Phi) is 6.14. The van der Waals surface area contributed by atoms with Crippen molar-refractivity contribution in [1.29, 1.82) is 0 Å². The Balaban J connectivity index is 1.33. The molecule has 5 rings (SSSR count). The quantitative estimate of drug-likeness (QED) is 0.321. The number of amides is 1. The summed E-state index contributed by atoms with van der Waals surface area (Å²) in [5.41, 5.74) is 2.87. The van der Waals surface area contributed by atoms with Crippen LogP contribution in [-0.2, 0) is 11.3 Å². The average Bonchev–Trinajstić information content (AvgIpc) is 3.46. The molecule has 0 atom stereocenters. The third-order valence-corrected chi connectivity index (χ3v) is 6.45. The number of rotatable bonds is 7. The molecule has 0 aliphatic carbocycles. The fraction of sp³-hybridized carbons (Fsp3) is 0.400. The molecule has 166 valence electrons. The zero-order valence-electron chi connectivity index (χ0n) is 17.5. The van der Waals surface area contributed by atoms with Crippen LogP contribution in [0.1, 0.15) is 17.3 Å². The van der Waals surface area contributed by atoms with E-state index in [1.165, 1.54) is 0 Å². The monoisotopic (exact) mass is 470 g/mol. The minimum absolute atomic E-state index is 0.151. The largest absolute Gasteiger partial charge is 0.378 e. The number of fused-ring (bicyclic) bond motifs is 2. The molecule has 1 aliphatic heterocycles. The molecule has 0 bridgehead atoms. The number of aromatic nitrogens is 6. The molecule has 4 aromatic rings. The molecule has 1 amide bonds. The lowest BCUT2D eigenvalue weighted by molar-refractivity contribution is 0.0952. The Bertz CT molecular complexity index is 1250. The van der Waals surface area contributed by atoms with Crippen molar-refractivity contribution in [2.24, 2.45) is 0 Å². The standard InChI is InChI=1S/C20H22N8O2S2/c1-2-31-20-23-17(27-7-9-30-10-8-27)14-12-22-28(18(14)24-20)6-5-21-19(29)13-3-4-15-16(11-13)26-32-25-15/h3-4,11-12H,2,5-10H2,1H3,(H,21,29). The molecule has 1 N–H and O–H groups in total. The number of hydrogen-bond acceptors (Lipinski definition) is 10. The van der Waals surface area contributed by atoms with Crippen LogP contribution in [0.5, 0.6) is 0 Å². The summed E-state index contributed by atoms with van der Waals surface area (Å²) in [6.07, 6.45) is 1.81. The zero-order chi connectivity index (χ0) is 21.9. The van der Waals surface area contributed by atoms with Crippen LogP contribution >= 0.6 is 23.5 Å². The molecular weight excluding hydrogens is 448 g/mol. The van der Waals surface area contributed by atoms with E-state index < -0.39 is 0 Å². The van der Waals surface area contributed by atoms with Gasteiger partial charge in [-0.2, -0.15) is 13.8 Å². The number of carbonyl (C=O) groups excluding carboxylic acids is 1. The fourth-order valence-electron chi connectivity index (χ4n) is 3.60. The Hall–Kier alpha value is -2.83.